The Bertz CT molecular complexity index is 372. The SMILES string of the molecule is COc1cc(C)c(C)cc1C1CNCCS1. The minimum Gasteiger partial charge on any atom is -0.496 e. The van der Waals surface area contributed by atoms with Gasteiger partial charge in [-0.2, -0.15) is 11.8 Å². The highest BCUT2D eigenvalue weighted by atomic mass is 32.2. The smallest absolute Gasteiger partial charge is 0.123 e. The molecule has 1 aromatic rings. The second-order valence-electron chi connectivity index (χ2n) is 4.24. The number of methoxy groups -OCH3 is 1. The van der Waals surface area contributed by atoms with Crippen molar-refractivity contribution in [2.75, 3.05) is 26.0 Å². The first-order valence-corrected chi connectivity index (χ1v) is 6.74. The van der Waals surface area contributed by atoms with Gasteiger partial charge < -0.3 is 10.1 Å². The minimum atomic E-state index is 0.531. The summed E-state index contributed by atoms with van der Waals surface area (Å²) >= 11 is 2.02. The standard InChI is InChI=1S/C13H19NOS/c1-9-6-11(12(15-3)7-10(9)2)13-8-14-4-5-16-13/h6-7,13-14H,4-5,8H2,1-3H3. The molecule has 2 rings (SSSR count). The highest BCUT2D eigenvalue weighted by Crippen LogP contribution is 2.37. The minimum absolute atomic E-state index is 0.531. The molecule has 88 valence electrons. The molecule has 0 spiro atoms. The van der Waals surface area contributed by atoms with E-state index in [0.717, 1.165) is 18.8 Å². The normalized spacial score (nSPS) is 20.8. The summed E-state index contributed by atoms with van der Waals surface area (Å²) in [5, 5.41) is 3.97. The van der Waals surface area contributed by atoms with Crippen LogP contribution < -0.4 is 10.1 Å². The maximum atomic E-state index is 5.49. The van der Waals surface area contributed by atoms with Crippen LogP contribution in [0.3, 0.4) is 0 Å². The second-order valence-corrected chi connectivity index (χ2v) is 5.55. The molecular formula is C13H19NOS. The highest BCUT2D eigenvalue weighted by Gasteiger charge is 2.20. The molecule has 1 aromatic carbocycles. The van der Waals surface area contributed by atoms with Gasteiger partial charge in [-0.05, 0) is 31.0 Å². The maximum absolute atomic E-state index is 5.49. The molecule has 0 aliphatic carbocycles. The number of aryl methyl sites for hydroxylation is 2. The second kappa shape index (κ2) is 5.11. The molecule has 2 nitrogen and oxygen atoms in total. The van der Waals surface area contributed by atoms with Crippen molar-refractivity contribution in [1.82, 2.24) is 5.32 Å². The van der Waals surface area contributed by atoms with Gasteiger partial charge >= 0.3 is 0 Å². The van der Waals surface area contributed by atoms with Crippen molar-refractivity contribution in [2.24, 2.45) is 0 Å². The summed E-state index contributed by atoms with van der Waals surface area (Å²) in [4.78, 5) is 0. The van der Waals surface area contributed by atoms with Crippen molar-refractivity contribution in [1.29, 1.82) is 0 Å². The number of thioether (sulfide) groups is 1. The summed E-state index contributed by atoms with van der Waals surface area (Å²) in [5.41, 5.74) is 3.99. The molecule has 0 bridgehead atoms. The Morgan fingerprint density at radius 2 is 2.06 bits per heavy atom. The third-order valence-corrected chi connectivity index (χ3v) is 4.38. The van der Waals surface area contributed by atoms with Gasteiger partial charge in [-0.1, -0.05) is 6.07 Å². The van der Waals surface area contributed by atoms with Crippen LogP contribution in [-0.2, 0) is 0 Å². The van der Waals surface area contributed by atoms with Crippen molar-refractivity contribution in [3.8, 4) is 5.75 Å². The lowest BCUT2D eigenvalue weighted by atomic mass is 10.0. The summed E-state index contributed by atoms with van der Waals surface area (Å²) < 4.78 is 5.49. The van der Waals surface area contributed by atoms with Crippen LogP contribution in [0.4, 0.5) is 0 Å². The molecule has 0 saturated carbocycles. The summed E-state index contributed by atoms with van der Waals surface area (Å²) in [6.45, 7) is 6.46. The van der Waals surface area contributed by atoms with E-state index in [2.05, 4.69) is 31.3 Å². The van der Waals surface area contributed by atoms with E-state index in [9.17, 15) is 0 Å². The van der Waals surface area contributed by atoms with Gasteiger partial charge in [0.2, 0.25) is 0 Å². The van der Waals surface area contributed by atoms with Crippen molar-refractivity contribution in [3.63, 3.8) is 0 Å². The van der Waals surface area contributed by atoms with Gasteiger partial charge in [-0.15, -0.1) is 0 Å². The lowest BCUT2D eigenvalue weighted by molar-refractivity contribution is 0.408. The maximum Gasteiger partial charge on any atom is 0.123 e. The van der Waals surface area contributed by atoms with Crippen LogP contribution in [0.1, 0.15) is 21.9 Å². The van der Waals surface area contributed by atoms with Gasteiger partial charge in [-0.25, -0.2) is 0 Å². The Labute approximate surface area is 102 Å². The molecule has 0 aromatic heterocycles. The lowest BCUT2D eigenvalue weighted by Gasteiger charge is -2.25. The number of nitrogens with one attached hydrogen (secondary N) is 1. The highest BCUT2D eigenvalue weighted by molar-refractivity contribution is 7.99. The first-order chi connectivity index (χ1) is 7.72. The lowest BCUT2D eigenvalue weighted by Crippen LogP contribution is -2.28. The van der Waals surface area contributed by atoms with Crippen LogP contribution >= 0.6 is 11.8 Å². The number of ether oxygens (including phenoxy) is 1. The van der Waals surface area contributed by atoms with E-state index < -0.39 is 0 Å². The van der Waals surface area contributed by atoms with E-state index in [-0.39, 0.29) is 0 Å². The van der Waals surface area contributed by atoms with Crippen molar-refractivity contribution >= 4 is 11.8 Å². The Morgan fingerprint density at radius 3 is 2.69 bits per heavy atom. The predicted octanol–water partition coefficient (Wildman–Crippen LogP) is 2.69. The molecule has 1 saturated heterocycles. The number of hydrogen-bond donors (Lipinski definition) is 1. The fourth-order valence-electron chi connectivity index (χ4n) is 2.01. The van der Waals surface area contributed by atoms with Crippen molar-refractivity contribution in [2.45, 2.75) is 19.1 Å². The summed E-state index contributed by atoms with van der Waals surface area (Å²) in [6.07, 6.45) is 0. The van der Waals surface area contributed by atoms with E-state index in [1.165, 1.54) is 22.4 Å². The van der Waals surface area contributed by atoms with Crippen LogP contribution in [-0.4, -0.2) is 26.0 Å². The zero-order chi connectivity index (χ0) is 11.5. The van der Waals surface area contributed by atoms with E-state index in [0.29, 0.717) is 5.25 Å². The van der Waals surface area contributed by atoms with Gasteiger partial charge in [0.1, 0.15) is 5.75 Å². The quantitative estimate of drug-likeness (QED) is 0.854. The van der Waals surface area contributed by atoms with Crippen molar-refractivity contribution < 1.29 is 4.74 Å². The molecule has 16 heavy (non-hydrogen) atoms. The fraction of sp³-hybridized carbons (Fsp3) is 0.538. The van der Waals surface area contributed by atoms with E-state index in [1.807, 2.05) is 11.8 Å². The Balaban J connectivity index is 2.33. The molecule has 1 unspecified atom stereocenters. The molecule has 0 radical (unpaired) electrons. The number of hydrogen-bond acceptors (Lipinski definition) is 3. The molecule has 1 atom stereocenters. The molecule has 1 heterocycles. The largest absolute Gasteiger partial charge is 0.496 e. The van der Waals surface area contributed by atoms with Crippen LogP contribution in [0.2, 0.25) is 0 Å². The van der Waals surface area contributed by atoms with Crippen LogP contribution in [0.5, 0.6) is 5.75 Å². The average Bonchev–Trinajstić information content (AvgIpc) is 2.33. The van der Waals surface area contributed by atoms with E-state index >= 15 is 0 Å². The van der Waals surface area contributed by atoms with Crippen LogP contribution in [0, 0.1) is 13.8 Å². The van der Waals surface area contributed by atoms with Crippen LogP contribution in [0.25, 0.3) is 0 Å². The molecule has 1 fully saturated rings. The Kier molecular flexibility index (Phi) is 3.77. The Hall–Kier alpha value is -0.670. The van der Waals surface area contributed by atoms with Gasteiger partial charge in [0.25, 0.3) is 0 Å². The molecule has 1 aliphatic heterocycles. The zero-order valence-corrected chi connectivity index (χ0v) is 11.0. The Morgan fingerprint density at radius 1 is 1.31 bits per heavy atom. The molecule has 3 heteroatoms. The number of rotatable bonds is 2. The molecule has 1 N–H and O–H groups in total. The summed E-state index contributed by atoms with van der Waals surface area (Å²) in [7, 11) is 1.76. The van der Waals surface area contributed by atoms with Gasteiger partial charge in [-0.3, -0.25) is 0 Å². The topological polar surface area (TPSA) is 21.3 Å². The molecule has 0 amide bonds. The van der Waals surface area contributed by atoms with E-state index in [4.69, 9.17) is 4.74 Å². The molecule has 1 aliphatic rings. The van der Waals surface area contributed by atoms with E-state index in [1.54, 1.807) is 7.11 Å². The van der Waals surface area contributed by atoms with Gasteiger partial charge in [0.05, 0.1) is 7.11 Å². The summed E-state index contributed by atoms with van der Waals surface area (Å²) in [6, 6.07) is 4.43. The fourth-order valence-corrected chi connectivity index (χ4v) is 3.15. The third-order valence-electron chi connectivity index (χ3n) is 3.12. The molecular weight excluding hydrogens is 218 g/mol. The first kappa shape index (κ1) is 11.8. The third kappa shape index (κ3) is 2.36. The van der Waals surface area contributed by atoms with Gasteiger partial charge in [0, 0.05) is 29.7 Å². The van der Waals surface area contributed by atoms with Crippen molar-refractivity contribution in [3.05, 3.63) is 28.8 Å². The number of benzene rings is 1. The van der Waals surface area contributed by atoms with Crippen LogP contribution in [0.15, 0.2) is 12.1 Å². The van der Waals surface area contributed by atoms with Gasteiger partial charge in [0.15, 0.2) is 0 Å². The predicted molar refractivity (Wildman–Crippen MR) is 70.5 cm³/mol. The summed E-state index contributed by atoms with van der Waals surface area (Å²) in [5.74, 6) is 2.21. The average molecular weight is 237 g/mol. The zero-order valence-electron chi connectivity index (χ0n) is 10.2. The first-order valence-electron chi connectivity index (χ1n) is 5.70. The monoisotopic (exact) mass is 237 g/mol.